The van der Waals surface area contributed by atoms with Gasteiger partial charge in [0.2, 0.25) is 0 Å². The van der Waals surface area contributed by atoms with Crippen LogP contribution in [0, 0.1) is 5.92 Å². The monoisotopic (exact) mass is 244 g/mol. The molecule has 4 atom stereocenters. The summed E-state index contributed by atoms with van der Waals surface area (Å²) >= 11 is 0. The third kappa shape index (κ3) is 3.91. The highest BCUT2D eigenvalue weighted by atomic mass is 16.5. The Balaban J connectivity index is 2.59. The van der Waals surface area contributed by atoms with Crippen LogP contribution in [-0.4, -0.2) is 54.5 Å². The molecule has 3 N–H and O–H groups in total. The van der Waals surface area contributed by atoms with Crippen LogP contribution in [0.3, 0.4) is 0 Å². The van der Waals surface area contributed by atoms with Crippen LogP contribution in [0.4, 0.5) is 0 Å². The Labute approximate surface area is 105 Å². The SMILES string of the molecule is CC(C)CC(N)C(CO)N(C)C1CCOC1C. The smallest absolute Gasteiger partial charge is 0.0703 e. The summed E-state index contributed by atoms with van der Waals surface area (Å²) in [6, 6.07) is 0.440. The highest BCUT2D eigenvalue weighted by Crippen LogP contribution is 2.22. The molecule has 1 heterocycles. The Kier molecular flexibility index (Phi) is 5.86. The number of nitrogens with two attached hydrogens (primary N) is 1. The Morgan fingerprint density at radius 3 is 2.53 bits per heavy atom. The lowest BCUT2D eigenvalue weighted by molar-refractivity contribution is 0.0403. The average Bonchev–Trinajstić information content (AvgIpc) is 2.64. The van der Waals surface area contributed by atoms with E-state index in [1.165, 1.54) is 0 Å². The number of aliphatic hydroxyl groups excluding tert-OH is 1. The summed E-state index contributed by atoms with van der Waals surface area (Å²) < 4.78 is 5.58. The van der Waals surface area contributed by atoms with Gasteiger partial charge < -0.3 is 15.6 Å². The molecule has 0 radical (unpaired) electrons. The third-order valence-corrected chi connectivity index (χ3v) is 3.81. The standard InChI is InChI=1S/C13H28N2O2/c1-9(2)7-11(14)13(8-16)15(4)12-5-6-17-10(12)3/h9-13,16H,5-8,14H2,1-4H3. The molecule has 1 aliphatic rings. The van der Waals surface area contributed by atoms with Gasteiger partial charge in [-0.2, -0.15) is 0 Å². The van der Waals surface area contributed by atoms with E-state index < -0.39 is 0 Å². The minimum absolute atomic E-state index is 0.0257. The molecule has 1 saturated heterocycles. The second-order valence-electron chi connectivity index (χ2n) is 5.64. The maximum absolute atomic E-state index is 9.56. The van der Waals surface area contributed by atoms with Crippen LogP contribution in [0.25, 0.3) is 0 Å². The van der Waals surface area contributed by atoms with Crippen molar-refractivity contribution in [1.82, 2.24) is 4.90 Å². The molecular weight excluding hydrogens is 216 g/mol. The molecule has 0 saturated carbocycles. The lowest BCUT2D eigenvalue weighted by atomic mass is 9.96. The molecule has 0 aliphatic carbocycles. The summed E-state index contributed by atoms with van der Waals surface area (Å²) in [5.41, 5.74) is 6.20. The van der Waals surface area contributed by atoms with Gasteiger partial charge >= 0.3 is 0 Å². The second kappa shape index (κ2) is 6.69. The van der Waals surface area contributed by atoms with Crippen LogP contribution in [0.5, 0.6) is 0 Å². The van der Waals surface area contributed by atoms with Crippen molar-refractivity contribution >= 4 is 0 Å². The van der Waals surface area contributed by atoms with Gasteiger partial charge in [-0.25, -0.2) is 0 Å². The summed E-state index contributed by atoms with van der Waals surface area (Å²) in [5.74, 6) is 0.560. The average molecular weight is 244 g/mol. The topological polar surface area (TPSA) is 58.7 Å². The summed E-state index contributed by atoms with van der Waals surface area (Å²) in [6.07, 6.45) is 2.21. The molecule has 0 spiro atoms. The molecule has 17 heavy (non-hydrogen) atoms. The van der Waals surface area contributed by atoms with Crippen molar-refractivity contribution in [3.8, 4) is 0 Å². The molecule has 4 nitrogen and oxygen atoms in total. The van der Waals surface area contributed by atoms with E-state index in [2.05, 4.69) is 32.7 Å². The van der Waals surface area contributed by atoms with Gasteiger partial charge in [0.05, 0.1) is 12.7 Å². The van der Waals surface area contributed by atoms with E-state index in [0.29, 0.717) is 12.0 Å². The van der Waals surface area contributed by atoms with E-state index in [1.54, 1.807) is 0 Å². The van der Waals surface area contributed by atoms with Crippen LogP contribution in [0.1, 0.15) is 33.6 Å². The molecule has 1 rings (SSSR count). The molecule has 4 unspecified atom stereocenters. The van der Waals surface area contributed by atoms with Crippen LogP contribution in [0.15, 0.2) is 0 Å². The van der Waals surface area contributed by atoms with Crippen molar-refractivity contribution in [3.63, 3.8) is 0 Å². The zero-order chi connectivity index (χ0) is 13.0. The van der Waals surface area contributed by atoms with E-state index in [0.717, 1.165) is 19.4 Å². The van der Waals surface area contributed by atoms with E-state index in [-0.39, 0.29) is 24.8 Å². The van der Waals surface area contributed by atoms with Crippen molar-refractivity contribution in [2.24, 2.45) is 11.7 Å². The Morgan fingerprint density at radius 2 is 2.12 bits per heavy atom. The molecule has 0 amide bonds. The summed E-state index contributed by atoms with van der Waals surface area (Å²) in [6.45, 7) is 7.35. The van der Waals surface area contributed by atoms with Crippen LogP contribution >= 0.6 is 0 Å². The molecule has 0 aromatic rings. The molecule has 102 valence electrons. The first-order valence-corrected chi connectivity index (χ1v) is 6.67. The van der Waals surface area contributed by atoms with Gasteiger partial charge in [-0.05, 0) is 32.7 Å². The van der Waals surface area contributed by atoms with Crippen LogP contribution in [-0.2, 0) is 4.74 Å². The maximum Gasteiger partial charge on any atom is 0.0703 e. The fourth-order valence-corrected chi connectivity index (χ4v) is 2.77. The van der Waals surface area contributed by atoms with Crippen LogP contribution in [0.2, 0.25) is 0 Å². The quantitative estimate of drug-likeness (QED) is 0.726. The van der Waals surface area contributed by atoms with Crippen molar-refractivity contribution in [3.05, 3.63) is 0 Å². The number of ether oxygens (including phenoxy) is 1. The largest absolute Gasteiger partial charge is 0.395 e. The van der Waals surface area contributed by atoms with E-state index in [9.17, 15) is 5.11 Å². The second-order valence-corrected chi connectivity index (χ2v) is 5.64. The van der Waals surface area contributed by atoms with Gasteiger partial charge in [0.15, 0.2) is 0 Å². The Morgan fingerprint density at radius 1 is 1.47 bits per heavy atom. The normalized spacial score (nSPS) is 28.9. The van der Waals surface area contributed by atoms with E-state index in [1.807, 2.05) is 0 Å². The number of nitrogens with zero attached hydrogens (tertiary/aromatic N) is 1. The number of likely N-dealkylation sites (N-methyl/N-ethyl adjacent to an activating group) is 1. The minimum Gasteiger partial charge on any atom is -0.395 e. The number of aliphatic hydroxyl groups is 1. The minimum atomic E-state index is 0.0257. The fraction of sp³-hybridized carbons (Fsp3) is 1.00. The number of hydrogen-bond acceptors (Lipinski definition) is 4. The molecular formula is C13H28N2O2. The third-order valence-electron chi connectivity index (χ3n) is 3.81. The van der Waals surface area contributed by atoms with Crippen molar-refractivity contribution in [1.29, 1.82) is 0 Å². The maximum atomic E-state index is 9.56. The Hall–Kier alpha value is -0.160. The van der Waals surface area contributed by atoms with Crippen molar-refractivity contribution < 1.29 is 9.84 Å². The summed E-state index contributed by atoms with van der Waals surface area (Å²) in [5, 5.41) is 9.56. The molecule has 0 aromatic carbocycles. The van der Waals surface area contributed by atoms with Gasteiger partial charge in [-0.1, -0.05) is 13.8 Å². The first kappa shape index (κ1) is 14.9. The van der Waals surface area contributed by atoms with Crippen molar-refractivity contribution in [2.75, 3.05) is 20.3 Å². The van der Waals surface area contributed by atoms with E-state index in [4.69, 9.17) is 10.5 Å². The Bertz CT molecular complexity index is 223. The zero-order valence-corrected chi connectivity index (χ0v) is 11.6. The first-order valence-electron chi connectivity index (χ1n) is 6.67. The van der Waals surface area contributed by atoms with Gasteiger partial charge in [-0.3, -0.25) is 4.90 Å². The first-order chi connectivity index (χ1) is 7.97. The highest BCUT2D eigenvalue weighted by molar-refractivity contribution is 4.89. The zero-order valence-electron chi connectivity index (χ0n) is 11.6. The van der Waals surface area contributed by atoms with Gasteiger partial charge in [0.25, 0.3) is 0 Å². The van der Waals surface area contributed by atoms with Crippen molar-refractivity contribution in [2.45, 2.75) is 57.8 Å². The molecule has 1 aliphatic heterocycles. The number of rotatable bonds is 6. The summed E-state index contributed by atoms with van der Waals surface area (Å²) in [7, 11) is 2.05. The molecule has 0 bridgehead atoms. The van der Waals surface area contributed by atoms with Gasteiger partial charge in [0.1, 0.15) is 0 Å². The number of hydrogen-bond donors (Lipinski definition) is 2. The molecule has 0 aromatic heterocycles. The predicted octanol–water partition coefficient (Wildman–Crippen LogP) is 0.830. The summed E-state index contributed by atoms with van der Waals surface area (Å²) in [4.78, 5) is 2.21. The van der Waals surface area contributed by atoms with E-state index >= 15 is 0 Å². The highest BCUT2D eigenvalue weighted by Gasteiger charge is 2.33. The fourth-order valence-electron chi connectivity index (χ4n) is 2.77. The van der Waals surface area contributed by atoms with Gasteiger partial charge in [-0.15, -0.1) is 0 Å². The molecule has 4 heteroatoms. The molecule has 1 fully saturated rings. The van der Waals surface area contributed by atoms with Gasteiger partial charge in [0, 0.05) is 24.7 Å². The lowest BCUT2D eigenvalue weighted by Crippen LogP contribution is -2.54. The predicted molar refractivity (Wildman–Crippen MR) is 69.9 cm³/mol. The lowest BCUT2D eigenvalue weighted by Gasteiger charge is -2.37. The van der Waals surface area contributed by atoms with Crippen LogP contribution < -0.4 is 5.73 Å².